The van der Waals surface area contributed by atoms with Crippen molar-refractivity contribution in [3.63, 3.8) is 0 Å². The van der Waals surface area contributed by atoms with Crippen molar-refractivity contribution in [3.8, 4) is 11.8 Å². The van der Waals surface area contributed by atoms with Crippen LogP contribution >= 0.6 is 11.6 Å². The van der Waals surface area contributed by atoms with Crippen LogP contribution in [-0.2, 0) is 0 Å². The van der Waals surface area contributed by atoms with Gasteiger partial charge in [0.05, 0.1) is 22.5 Å². The van der Waals surface area contributed by atoms with Crippen LogP contribution in [0.1, 0.15) is 5.56 Å². The van der Waals surface area contributed by atoms with Crippen LogP contribution in [0.4, 0.5) is 0 Å². The highest BCUT2D eigenvalue weighted by atomic mass is 35.5. The molecule has 0 saturated heterocycles. The third-order valence-corrected chi connectivity index (χ3v) is 2.16. The van der Waals surface area contributed by atoms with E-state index in [0.717, 1.165) is 16.6 Å². The van der Waals surface area contributed by atoms with E-state index in [1.165, 1.54) is 0 Å². The first-order valence-corrected chi connectivity index (χ1v) is 4.51. The molecule has 2 aromatic heterocycles. The van der Waals surface area contributed by atoms with Crippen molar-refractivity contribution in [1.29, 1.82) is 0 Å². The number of nitrogens with two attached hydrogens (primary N) is 1. The lowest BCUT2D eigenvalue weighted by Gasteiger charge is -1.92. The predicted octanol–water partition coefficient (Wildman–Crippen LogP) is 1.53. The highest BCUT2D eigenvalue weighted by Gasteiger charge is 2.05. The van der Waals surface area contributed by atoms with Crippen molar-refractivity contribution in [2.45, 2.75) is 0 Å². The highest BCUT2D eigenvalue weighted by molar-refractivity contribution is 6.35. The molecule has 70 valence electrons. The highest BCUT2D eigenvalue weighted by Crippen LogP contribution is 2.23. The van der Waals surface area contributed by atoms with E-state index in [1.807, 2.05) is 0 Å². The average Bonchev–Trinajstić information content (AvgIpc) is 2.59. The van der Waals surface area contributed by atoms with Crippen LogP contribution in [-0.4, -0.2) is 16.5 Å². The van der Waals surface area contributed by atoms with Crippen molar-refractivity contribution in [2.24, 2.45) is 5.73 Å². The Morgan fingerprint density at radius 1 is 1.57 bits per heavy atom. The zero-order chi connectivity index (χ0) is 9.97. The number of aromatic nitrogens is 2. The Labute approximate surface area is 86.3 Å². The van der Waals surface area contributed by atoms with E-state index in [4.69, 9.17) is 17.3 Å². The maximum absolute atomic E-state index is 6.02. The Morgan fingerprint density at radius 2 is 2.43 bits per heavy atom. The second-order valence-electron chi connectivity index (χ2n) is 2.72. The molecule has 0 radical (unpaired) electrons. The lowest BCUT2D eigenvalue weighted by molar-refractivity contribution is 1.30. The molecule has 0 unspecified atom stereocenters. The lowest BCUT2D eigenvalue weighted by Crippen LogP contribution is -1.92. The fraction of sp³-hybridized carbons (Fsp3) is 0.100. The summed E-state index contributed by atoms with van der Waals surface area (Å²) in [4.78, 5) is 7.13. The summed E-state index contributed by atoms with van der Waals surface area (Å²) >= 11 is 6.02. The SMILES string of the molecule is NCC#Cc1c[nH]c2nccc(Cl)c12. The largest absolute Gasteiger partial charge is 0.345 e. The number of fused-ring (bicyclic) bond motifs is 1. The first-order valence-electron chi connectivity index (χ1n) is 4.13. The van der Waals surface area contributed by atoms with Gasteiger partial charge < -0.3 is 10.7 Å². The molecule has 0 aliphatic heterocycles. The van der Waals surface area contributed by atoms with Crippen molar-refractivity contribution in [1.82, 2.24) is 9.97 Å². The van der Waals surface area contributed by atoms with Gasteiger partial charge in [0.15, 0.2) is 0 Å². The molecule has 2 aromatic rings. The molecule has 4 heteroatoms. The molecule has 0 amide bonds. The predicted molar refractivity (Wildman–Crippen MR) is 57.0 cm³/mol. The molecule has 0 aromatic carbocycles. The molecule has 0 spiro atoms. The zero-order valence-corrected chi connectivity index (χ0v) is 8.10. The summed E-state index contributed by atoms with van der Waals surface area (Å²) in [5, 5.41) is 1.51. The van der Waals surface area contributed by atoms with Crippen LogP contribution in [0.2, 0.25) is 5.02 Å². The third kappa shape index (κ3) is 1.46. The Balaban J connectivity index is 2.67. The third-order valence-electron chi connectivity index (χ3n) is 1.85. The number of nitrogens with one attached hydrogen (secondary N) is 1. The molecule has 3 N–H and O–H groups in total. The fourth-order valence-electron chi connectivity index (χ4n) is 1.26. The van der Waals surface area contributed by atoms with Gasteiger partial charge in [-0.1, -0.05) is 23.4 Å². The number of halogens is 1. The average molecular weight is 206 g/mol. The van der Waals surface area contributed by atoms with Crippen molar-refractivity contribution < 1.29 is 0 Å². The molecule has 0 saturated carbocycles. The normalized spacial score (nSPS) is 9.86. The van der Waals surface area contributed by atoms with E-state index in [-0.39, 0.29) is 0 Å². The van der Waals surface area contributed by atoms with Crippen molar-refractivity contribution in [3.05, 3.63) is 29.0 Å². The number of pyridine rings is 1. The second-order valence-corrected chi connectivity index (χ2v) is 3.13. The van der Waals surface area contributed by atoms with Crippen LogP contribution < -0.4 is 5.73 Å². The monoisotopic (exact) mass is 205 g/mol. The molecule has 0 atom stereocenters. The van der Waals surface area contributed by atoms with Gasteiger partial charge in [-0.2, -0.15) is 0 Å². The summed E-state index contributed by atoms with van der Waals surface area (Å²) in [5.41, 5.74) is 6.88. The van der Waals surface area contributed by atoms with Crippen LogP contribution in [0.5, 0.6) is 0 Å². The second kappa shape index (κ2) is 3.70. The van der Waals surface area contributed by atoms with E-state index in [0.29, 0.717) is 11.6 Å². The number of nitrogens with zero attached hydrogens (tertiary/aromatic N) is 1. The number of aromatic amines is 1. The summed E-state index contributed by atoms with van der Waals surface area (Å²) in [5.74, 6) is 5.72. The van der Waals surface area contributed by atoms with Crippen LogP contribution in [0, 0.1) is 11.8 Å². The molecule has 14 heavy (non-hydrogen) atoms. The summed E-state index contributed by atoms with van der Waals surface area (Å²) in [6.45, 7) is 0.338. The fourth-order valence-corrected chi connectivity index (χ4v) is 1.51. The van der Waals surface area contributed by atoms with Gasteiger partial charge >= 0.3 is 0 Å². The number of hydrogen-bond acceptors (Lipinski definition) is 2. The first-order chi connectivity index (χ1) is 6.83. The number of hydrogen-bond donors (Lipinski definition) is 2. The molecule has 2 rings (SSSR count). The van der Waals surface area contributed by atoms with Crippen LogP contribution in [0.3, 0.4) is 0 Å². The van der Waals surface area contributed by atoms with Gasteiger partial charge in [0.1, 0.15) is 5.65 Å². The molecule has 0 aliphatic carbocycles. The molecule has 3 nitrogen and oxygen atoms in total. The summed E-state index contributed by atoms with van der Waals surface area (Å²) in [6.07, 6.45) is 3.44. The topological polar surface area (TPSA) is 54.7 Å². The Morgan fingerprint density at radius 3 is 3.21 bits per heavy atom. The molecule has 0 fully saturated rings. The van der Waals surface area contributed by atoms with Gasteiger partial charge in [0.25, 0.3) is 0 Å². The van der Waals surface area contributed by atoms with Gasteiger partial charge in [-0.25, -0.2) is 4.98 Å². The van der Waals surface area contributed by atoms with Gasteiger partial charge in [-0.3, -0.25) is 0 Å². The first kappa shape index (κ1) is 9.07. The van der Waals surface area contributed by atoms with E-state index in [1.54, 1.807) is 18.5 Å². The quantitative estimate of drug-likeness (QED) is 0.641. The van der Waals surface area contributed by atoms with Gasteiger partial charge in [0.2, 0.25) is 0 Å². The number of rotatable bonds is 0. The van der Waals surface area contributed by atoms with Gasteiger partial charge in [0, 0.05) is 12.4 Å². The van der Waals surface area contributed by atoms with E-state index < -0.39 is 0 Å². The zero-order valence-electron chi connectivity index (χ0n) is 7.34. The van der Waals surface area contributed by atoms with E-state index in [2.05, 4.69) is 21.8 Å². The Kier molecular flexibility index (Phi) is 2.40. The lowest BCUT2D eigenvalue weighted by atomic mass is 10.2. The summed E-state index contributed by atoms with van der Waals surface area (Å²) in [7, 11) is 0. The van der Waals surface area contributed by atoms with Crippen LogP contribution in [0.15, 0.2) is 18.5 Å². The van der Waals surface area contributed by atoms with E-state index >= 15 is 0 Å². The van der Waals surface area contributed by atoms with Crippen molar-refractivity contribution in [2.75, 3.05) is 6.54 Å². The Bertz CT molecular complexity index is 519. The van der Waals surface area contributed by atoms with Crippen LogP contribution in [0.25, 0.3) is 11.0 Å². The van der Waals surface area contributed by atoms with Gasteiger partial charge in [-0.15, -0.1) is 0 Å². The minimum absolute atomic E-state index is 0.338. The smallest absolute Gasteiger partial charge is 0.140 e. The standard InChI is InChI=1S/C10H8ClN3/c11-8-3-5-13-10-9(8)7(6-14-10)2-1-4-12/h3,5-6H,4,12H2,(H,13,14). The maximum Gasteiger partial charge on any atom is 0.140 e. The molecule has 0 bridgehead atoms. The van der Waals surface area contributed by atoms with Crippen molar-refractivity contribution >= 4 is 22.6 Å². The molecular formula is C10H8ClN3. The van der Waals surface area contributed by atoms with E-state index in [9.17, 15) is 0 Å². The molecule has 2 heterocycles. The number of H-pyrrole nitrogens is 1. The molecular weight excluding hydrogens is 198 g/mol. The molecule has 0 aliphatic rings. The summed E-state index contributed by atoms with van der Waals surface area (Å²) in [6, 6.07) is 1.74. The Hall–Kier alpha value is -1.50. The minimum atomic E-state index is 0.338. The summed E-state index contributed by atoms with van der Waals surface area (Å²) < 4.78 is 0. The van der Waals surface area contributed by atoms with Gasteiger partial charge in [-0.05, 0) is 6.07 Å². The minimum Gasteiger partial charge on any atom is -0.345 e. The maximum atomic E-state index is 6.02.